The number of allylic oxidation sites excluding steroid dienone is 1. The number of hydrogen-bond donors (Lipinski definition) is 0. The number of carbonyl (C=O) groups excluding carboxylic acids is 1. The number of benzene rings is 2. The molecule has 0 radical (unpaired) electrons. The molecular weight excluding hydrogens is 241 g/mol. The van der Waals surface area contributed by atoms with E-state index >= 15 is 0 Å². The Hall–Kier alpha value is -2.10. The molecule has 0 heterocycles. The van der Waals surface area contributed by atoms with Crippen LogP contribution in [0.15, 0.2) is 54.6 Å². The van der Waals surface area contributed by atoms with E-state index in [1.807, 2.05) is 12.1 Å². The third-order valence-corrected chi connectivity index (χ3v) is 2.63. The van der Waals surface area contributed by atoms with Crippen LogP contribution in [-0.2, 0) is 0 Å². The number of rotatable bonds is 2. The zero-order valence-electron chi connectivity index (χ0n) is 9.29. The van der Waals surface area contributed by atoms with Crippen LogP contribution in [-0.4, -0.2) is 12.0 Å². The second kappa shape index (κ2) is 4.29. The highest BCUT2D eigenvalue weighted by Crippen LogP contribution is 2.27. The summed E-state index contributed by atoms with van der Waals surface area (Å²) in [7, 11) is 0. The van der Waals surface area contributed by atoms with Crippen LogP contribution in [0.5, 0.6) is 0 Å². The Kier molecular flexibility index (Phi) is 2.95. The summed E-state index contributed by atoms with van der Waals surface area (Å²) in [5.74, 6) is -1.09. The monoisotopic (exact) mass is 250 g/mol. The Morgan fingerprint density at radius 2 is 1.61 bits per heavy atom. The van der Waals surface area contributed by atoms with Crippen LogP contribution in [0, 0.1) is 0 Å². The van der Waals surface area contributed by atoms with Crippen molar-refractivity contribution in [3.05, 3.63) is 60.2 Å². The van der Waals surface area contributed by atoms with E-state index in [4.69, 9.17) is 0 Å². The highest BCUT2D eigenvalue weighted by atomic mass is 19.4. The van der Waals surface area contributed by atoms with Crippen LogP contribution in [0.3, 0.4) is 0 Å². The van der Waals surface area contributed by atoms with Gasteiger partial charge in [0, 0.05) is 5.56 Å². The van der Waals surface area contributed by atoms with E-state index in [9.17, 15) is 18.0 Å². The van der Waals surface area contributed by atoms with Gasteiger partial charge in [0.15, 0.2) is 5.78 Å². The van der Waals surface area contributed by atoms with E-state index in [2.05, 4.69) is 6.58 Å². The SMILES string of the molecule is C=C(C(=O)c1ccc2ccccc2c1)C(F)(F)F. The van der Waals surface area contributed by atoms with E-state index in [0.717, 1.165) is 10.8 Å². The van der Waals surface area contributed by atoms with Gasteiger partial charge >= 0.3 is 6.18 Å². The van der Waals surface area contributed by atoms with Crippen molar-refractivity contribution >= 4 is 16.6 Å². The number of fused-ring (bicyclic) bond motifs is 1. The summed E-state index contributed by atoms with van der Waals surface area (Å²) >= 11 is 0. The lowest BCUT2D eigenvalue weighted by Crippen LogP contribution is -2.19. The van der Waals surface area contributed by atoms with Crippen LogP contribution in [0.25, 0.3) is 10.8 Å². The summed E-state index contributed by atoms with van der Waals surface area (Å²) in [6.45, 7) is 2.81. The van der Waals surface area contributed by atoms with Crippen molar-refractivity contribution < 1.29 is 18.0 Å². The summed E-state index contributed by atoms with van der Waals surface area (Å²) in [6, 6.07) is 11.6. The van der Waals surface area contributed by atoms with Crippen LogP contribution in [0.1, 0.15) is 10.4 Å². The highest BCUT2D eigenvalue weighted by Gasteiger charge is 2.36. The Balaban J connectivity index is 2.43. The number of Topliss-reactive ketones (excluding diaryl/α,β-unsaturated/α-hetero) is 1. The fraction of sp³-hybridized carbons (Fsp3) is 0.0714. The summed E-state index contributed by atoms with van der Waals surface area (Å²) in [5.41, 5.74) is -1.35. The van der Waals surface area contributed by atoms with Crippen LogP contribution < -0.4 is 0 Å². The number of alkyl halides is 3. The molecule has 0 bridgehead atoms. The summed E-state index contributed by atoms with van der Waals surface area (Å²) in [6.07, 6.45) is -4.69. The first-order valence-corrected chi connectivity index (χ1v) is 5.19. The Morgan fingerprint density at radius 1 is 1.00 bits per heavy atom. The van der Waals surface area contributed by atoms with Gasteiger partial charge in [-0.25, -0.2) is 0 Å². The minimum atomic E-state index is -4.69. The Labute approximate surface area is 102 Å². The maximum atomic E-state index is 12.4. The molecular formula is C14H9F3O. The van der Waals surface area contributed by atoms with E-state index in [-0.39, 0.29) is 5.56 Å². The lowest BCUT2D eigenvalue weighted by atomic mass is 10.0. The predicted octanol–water partition coefficient (Wildman–Crippen LogP) is 4.14. The number of hydrogen-bond acceptors (Lipinski definition) is 1. The van der Waals surface area contributed by atoms with Crippen molar-refractivity contribution in [1.82, 2.24) is 0 Å². The smallest absolute Gasteiger partial charge is 0.289 e. The second-order valence-corrected chi connectivity index (χ2v) is 3.87. The molecule has 0 amide bonds. The third-order valence-electron chi connectivity index (χ3n) is 2.63. The van der Waals surface area contributed by atoms with Gasteiger partial charge in [0.1, 0.15) is 0 Å². The molecule has 0 saturated carbocycles. The van der Waals surface area contributed by atoms with Crippen molar-refractivity contribution in [1.29, 1.82) is 0 Å². The average molecular weight is 250 g/mol. The quantitative estimate of drug-likeness (QED) is 0.578. The second-order valence-electron chi connectivity index (χ2n) is 3.87. The minimum Gasteiger partial charge on any atom is -0.289 e. The lowest BCUT2D eigenvalue weighted by molar-refractivity contribution is -0.0883. The number of halogens is 3. The maximum Gasteiger partial charge on any atom is 0.419 e. The fourth-order valence-electron chi connectivity index (χ4n) is 1.63. The highest BCUT2D eigenvalue weighted by molar-refractivity contribution is 6.10. The minimum absolute atomic E-state index is 0.00368. The Morgan fingerprint density at radius 3 is 2.22 bits per heavy atom. The zero-order valence-corrected chi connectivity index (χ0v) is 9.29. The normalized spacial score (nSPS) is 11.5. The molecule has 0 spiro atoms. The molecule has 0 aromatic heterocycles. The molecule has 2 aromatic rings. The van der Waals surface area contributed by atoms with Gasteiger partial charge in [-0.05, 0) is 16.8 Å². The average Bonchev–Trinajstić information content (AvgIpc) is 2.35. The van der Waals surface area contributed by atoms with Gasteiger partial charge in [-0.2, -0.15) is 13.2 Å². The van der Waals surface area contributed by atoms with E-state index in [0.29, 0.717) is 0 Å². The van der Waals surface area contributed by atoms with Crippen molar-refractivity contribution in [2.24, 2.45) is 0 Å². The molecule has 0 aliphatic heterocycles. The summed E-state index contributed by atoms with van der Waals surface area (Å²) < 4.78 is 37.1. The zero-order chi connectivity index (χ0) is 13.3. The first-order valence-electron chi connectivity index (χ1n) is 5.19. The molecule has 4 heteroatoms. The van der Waals surface area contributed by atoms with Gasteiger partial charge in [-0.1, -0.05) is 43.0 Å². The fourth-order valence-corrected chi connectivity index (χ4v) is 1.63. The van der Waals surface area contributed by atoms with Crippen molar-refractivity contribution in [2.75, 3.05) is 0 Å². The van der Waals surface area contributed by atoms with Gasteiger partial charge < -0.3 is 0 Å². The largest absolute Gasteiger partial charge is 0.419 e. The van der Waals surface area contributed by atoms with Gasteiger partial charge in [-0.3, -0.25) is 4.79 Å². The summed E-state index contributed by atoms with van der Waals surface area (Å²) in [5, 5.41) is 1.59. The standard InChI is InChI=1S/C14H9F3O/c1-9(14(15,16)17)13(18)12-7-6-10-4-2-3-5-11(10)8-12/h2-8H,1H2. The first kappa shape index (κ1) is 12.4. The van der Waals surface area contributed by atoms with Crippen molar-refractivity contribution in [2.45, 2.75) is 6.18 Å². The number of carbonyl (C=O) groups is 1. The molecule has 0 N–H and O–H groups in total. The first-order chi connectivity index (χ1) is 8.39. The molecule has 0 aliphatic rings. The topological polar surface area (TPSA) is 17.1 Å². The molecule has 0 aliphatic carbocycles. The van der Waals surface area contributed by atoms with Gasteiger partial charge in [0.25, 0.3) is 0 Å². The predicted molar refractivity (Wildman–Crippen MR) is 63.5 cm³/mol. The molecule has 18 heavy (non-hydrogen) atoms. The van der Waals surface area contributed by atoms with E-state index in [1.165, 1.54) is 12.1 Å². The van der Waals surface area contributed by atoms with E-state index < -0.39 is 17.5 Å². The van der Waals surface area contributed by atoms with Gasteiger partial charge in [0.2, 0.25) is 0 Å². The van der Waals surface area contributed by atoms with Crippen LogP contribution in [0.4, 0.5) is 13.2 Å². The van der Waals surface area contributed by atoms with Crippen molar-refractivity contribution in [3.63, 3.8) is 0 Å². The molecule has 1 nitrogen and oxygen atoms in total. The van der Waals surface area contributed by atoms with Crippen LogP contribution >= 0.6 is 0 Å². The lowest BCUT2D eigenvalue weighted by Gasteiger charge is -2.09. The molecule has 0 atom stereocenters. The van der Waals surface area contributed by atoms with Crippen LogP contribution in [0.2, 0.25) is 0 Å². The molecule has 2 rings (SSSR count). The van der Waals surface area contributed by atoms with Crippen molar-refractivity contribution in [3.8, 4) is 0 Å². The molecule has 0 fully saturated rings. The van der Waals surface area contributed by atoms with Gasteiger partial charge in [-0.15, -0.1) is 0 Å². The third kappa shape index (κ3) is 2.27. The molecule has 2 aromatic carbocycles. The molecule has 0 saturated heterocycles. The maximum absolute atomic E-state index is 12.4. The van der Waals surface area contributed by atoms with E-state index in [1.54, 1.807) is 18.2 Å². The Bertz CT molecular complexity index is 626. The summed E-state index contributed by atoms with van der Waals surface area (Å²) in [4.78, 5) is 11.6. The molecule has 0 unspecified atom stereocenters. The molecule has 92 valence electrons. The van der Waals surface area contributed by atoms with Gasteiger partial charge in [0.05, 0.1) is 5.57 Å². The number of ketones is 1.